The van der Waals surface area contributed by atoms with Crippen molar-refractivity contribution >= 4 is 28.7 Å². The van der Waals surface area contributed by atoms with E-state index in [1.54, 1.807) is 12.1 Å². The summed E-state index contributed by atoms with van der Waals surface area (Å²) in [6, 6.07) is 6.51. The first-order valence-corrected chi connectivity index (χ1v) is 6.46. The third-order valence-electron chi connectivity index (χ3n) is 2.51. The minimum absolute atomic E-state index is 0.0202. The molecule has 2 aromatic rings. The number of alkyl halides is 3. The lowest BCUT2D eigenvalue weighted by atomic mass is 10.1. The van der Waals surface area contributed by atoms with Crippen LogP contribution < -0.4 is 0 Å². The van der Waals surface area contributed by atoms with Crippen LogP contribution in [-0.4, -0.2) is 5.78 Å². The predicted octanol–water partition coefficient (Wildman–Crippen LogP) is 5.29. The number of carbonyl (C=O) groups excluding carboxylic acids is 1. The van der Waals surface area contributed by atoms with E-state index in [-0.39, 0.29) is 10.8 Å². The molecule has 0 saturated carbocycles. The minimum atomic E-state index is -4.41. The Morgan fingerprint density at radius 1 is 1.21 bits per heavy atom. The number of hydrogen-bond acceptors (Lipinski definition) is 2. The van der Waals surface area contributed by atoms with Gasteiger partial charge in [-0.05, 0) is 31.2 Å². The average molecular weight is 305 g/mol. The fraction of sp³-hybridized carbons (Fsp3) is 0.154. The molecule has 0 unspecified atom stereocenters. The van der Waals surface area contributed by atoms with Crippen LogP contribution in [0.2, 0.25) is 5.02 Å². The molecule has 0 radical (unpaired) electrons. The number of Topliss-reactive ketones (excluding diaryl/α,β-unsaturated/α-hetero) is 1. The SMILES string of the molecule is CC(=O)c1ccc(-c2ccc(C(F)(F)F)cc2Cl)s1. The second-order valence-electron chi connectivity index (χ2n) is 3.91. The summed E-state index contributed by atoms with van der Waals surface area (Å²) < 4.78 is 37.5. The fourth-order valence-electron chi connectivity index (χ4n) is 1.56. The zero-order valence-electron chi connectivity index (χ0n) is 9.72. The number of thiophene rings is 1. The Balaban J connectivity index is 2.43. The van der Waals surface area contributed by atoms with Gasteiger partial charge in [-0.1, -0.05) is 17.7 Å². The highest BCUT2D eigenvalue weighted by molar-refractivity contribution is 7.17. The summed E-state index contributed by atoms with van der Waals surface area (Å²) >= 11 is 7.09. The van der Waals surface area contributed by atoms with Crippen molar-refractivity contribution in [1.29, 1.82) is 0 Å². The van der Waals surface area contributed by atoms with Crippen molar-refractivity contribution in [2.45, 2.75) is 13.1 Å². The molecule has 0 atom stereocenters. The summed E-state index contributed by atoms with van der Waals surface area (Å²) in [6.45, 7) is 1.43. The molecule has 0 fully saturated rings. The largest absolute Gasteiger partial charge is 0.416 e. The van der Waals surface area contributed by atoms with E-state index in [0.29, 0.717) is 15.3 Å². The molecule has 1 nitrogen and oxygen atoms in total. The van der Waals surface area contributed by atoms with E-state index in [9.17, 15) is 18.0 Å². The highest BCUT2D eigenvalue weighted by atomic mass is 35.5. The number of hydrogen-bond donors (Lipinski definition) is 0. The maximum atomic E-state index is 12.5. The van der Waals surface area contributed by atoms with Crippen LogP contribution in [0.3, 0.4) is 0 Å². The zero-order valence-corrected chi connectivity index (χ0v) is 11.3. The molecular weight excluding hydrogens is 297 g/mol. The maximum absolute atomic E-state index is 12.5. The summed E-state index contributed by atoms with van der Waals surface area (Å²) in [5.74, 6) is -0.0840. The van der Waals surface area contributed by atoms with E-state index in [2.05, 4.69) is 0 Å². The van der Waals surface area contributed by atoms with Gasteiger partial charge in [-0.3, -0.25) is 4.79 Å². The molecule has 2 rings (SSSR count). The van der Waals surface area contributed by atoms with Crippen LogP contribution in [0, 0.1) is 0 Å². The molecule has 0 amide bonds. The van der Waals surface area contributed by atoms with Gasteiger partial charge < -0.3 is 0 Å². The van der Waals surface area contributed by atoms with Crippen molar-refractivity contribution < 1.29 is 18.0 Å². The van der Waals surface area contributed by atoms with Crippen molar-refractivity contribution in [3.63, 3.8) is 0 Å². The molecule has 0 aliphatic rings. The molecule has 0 aliphatic carbocycles. The van der Waals surface area contributed by atoms with Crippen LogP contribution in [0.15, 0.2) is 30.3 Å². The van der Waals surface area contributed by atoms with Gasteiger partial charge in [0.1, 0.15) is 0 Å². The smallest absolute Gasteiger partial charge is 0.294 e. The van der Waals surface area contributed by atoms with Gasteiger partial charge in [-0.2, -0.15) is 13.2 Å². The average Bonchev–Trinajstić information content (AvgIpc) is 2.76. The lowest BCUT2D eigenvalue weighted by molar-refractivity contribution is -0.137. The van der Waals surface area contributed by atoms with Gasteiger partial charge in [0.05, 0.1) is 10.4 Å². The number of halogens is 4. The van der Waals surface area contributed by atoms with Crippen LogP contribution in [-0.2, 0) is 6.18 Å². The molecule has 6 heteroatoms. The maximum Gasteiger partial charge on any atom is 0.416 e. The highest BCUT2D eigenvalue weighted by Gasteiger charge is 2.31. The van der Waals surface area contributed by atoms with Gasteiger partial charge in [0.15, 0.2) is 5.78 Å². The Labute approximate surface area is 116 Å². The monoisotopic (exact) mass is 304 g/mol. The van der Waals surface area contributed by atoms with E-state index in [1.807, 2.05) is 0 Å². The molecule has 100 valence electrons. The van der Waals surface area contributed by atoms with E-state index in [0.717, 1.165) is 12.1 Å². The van der Waals surface area contributed by atoms with Crippen LogP contribution >= 0.6 is 22.9 Å². The normalized spacial score (nSPS) is 11.6. The van der Waals surface area contributed by atoms with Crippen molar-refractivity contribution in [3.8, 4) is 10.4 Å². The van der Waals surface area contributed by atoms with Crippen LogP contribution in [0.25, 0.3) is 10.4 Å². The summed E-state index contributed by atoms with van der Waals surface area (Å²) in [6.07, 6.45) is -4.41. The first-order chi connectivity index (χ1) is 8.79. The van der Waals surface area contributed by atoms with E-state index in [4.69, 9.17) is 11.6 Å². The van der Waals surface area contributed by atoms with E-state index < -0.39 is 11.7 Å². The Hall–Kier alpha value is -1.33. The third-order valence-corrected chi connectivity index (χ3v) is 4.05. The van der Waals surface area contributed by atoms with Gasteiger partial charge in [0, 0.05) is 15.5 Å². The second-order valence-corrected chi connectivity index (χ2v) is 5.40. The summed E-state index contributed by atoms with van der Waals surface area (Å²) in [4.78, 5) is 12.4. The van der Waals surface area contributed by atoms with Crippen molar-refractivity contribution in [2.75, 3.05) is 0 Å². The van der Waals surface area contributed by atoms with Gasteiger partial charge in [0.25, 0.3) is 0 Å². The zero-order chi connectivity index (χ0) is 14.2. The minimum Gasteiger partial charge on any atom is -0.294 e. The van der Waals surface area contributed by atoms with Crippen LogP contribution in [0.5, 0.6) is 0 Å². The van der Waals surface area contributed by atoms with Crippen molar-refractivity contribution in [2.24, 2.45) is 0 Å². The van der Waals surface area contributed by atoms with Gasteiger partial charge >= 0.3 is 6.18 Å². The molecule has 0 saturated heterocycles. The molecular formula is C13H8ClF3OS. The molecule has 0 N–H and O–H groups in total. The summed E-state index contributed by atoms with van der Waals surface area (Å²) in [7, 11) is 0. The standard InChI is InChI=1S/C13H8ClF3OS/c1-7(18)11-4-5-12(19-11)9-3-2-8(6-10(9)14)13(15,16)17/h2-6H,1H3. The molecule has 1 aromatic carbocycles. The molecule has 1 heterocycles. The van der Waals surface area contributed by atoms with Crippen LogP contribution in [0.4, 0.5) is 13.2 Å². The van der Waals surface area contributed by atoms with Gasteiger partial charge in [-0.25, -0.2) is 0 Å². The Bertz CT molecular complexity index is 631. The van der Waals surface area contributed by atoms with E-state index in [1.165, 1.54) is 24.3 Å². The molecule has 0 aliphatic heterocycles. The first kappa shape index (κ1) is 14.1. The Kier molecular flexibility index (Phi) is 3.69. The molecule has 0 spiro atoms. The number of benzene rings is 1. The van der Waals surface area contributed by atoms with Gasteiger partial charge in [-0.15, -0.1) is 11.3 Å². The number of ketones is 1. The molecule has 0 bridgehead atoms. The summed E-state index contributed by atoms with van der Waals surface area (Å²) in [5, 5.41) is 0.0202. The lowest BCUT2D eigenvalue weighted by Gasteiger charge is -2.08. The van der Waals surface area contributed by atoms with Crippen LogP contribution in [0.1, 0.15) is 22.2 Å². The lowest BCUT2D eigenvalue weighted by Crippen LogP contribution is -2.04. The Morgan fingerprint density at radius 2 is 1.89 bits per heavy atom. The Morgan fingerprint density at radius 3 is 2.37 bits per heavy atom. The molecule has 19 heavy (non-hydrogen) atoms. The first-order valence-electron chi connectivity index (χ1n) is 5.27. The van der Waals surface area contributed by atoms with Crippen molar-refractivity contribution in [3.05, 3.63) is 45.8 Å². The summed E-state index contributed by atoms with van der Waals surface area (Å²) in [5.41, 5.74) is -0.295. The highest BCUT2D eigenvalue weighted by Crippen LogP contribution is 2.37. The predicted molar refractivity (Wildman–Crippen MR) is 69.8 cm³/mol. The van der Waals surface area contributed by atoms with Crippen molar-refractivity contribution in [1.82, 2.24) is 0 Å². The van der Waals surface area contributed by atoms with E-state index >= 15 is 0 Å². The fourth-order valence-corrected chi connectivity index (χ4v) is 2.84. The third kappa shape index (κ3) is 2.98. The second kappa shape index (κ2) is 4.98. The topological polar surface area (TPSA) is 17.1 Å². The molecule has 1 aromatic heterocycles. The number of carbonyl (C=O) groups is 1. The number of rotatable bonds is 2. The quantitative estimate of drug-likeness (QED) is 0.689. The van der Waals surface area contributed by atoms with Gasteiger partial charge in [0.2, 0.25) is 0 Å².